The van der Waals surface area contributed by atoms with Gasteiger partial charge < -0.3 is 4.28 Å². The van der Waals surface area contributed by atoms with Gasteiger partial charge >= 0.3 is 10.3 Å². The Morgan fingerprint density at radius 2 is 1.59 bits per heavy atom. The van der Waals surface area contributed by atoms with Crippen molar-refractivity contribution in [2.45, 2.75) is 0 Å². The zero-order valence-corrected chi connectivity index (χ0v) is 12.8. The van der Waals surface area contributed by atoms with Gasteiger partial charge in [0.15, 0.2) is 11.4 Å². The van der Waals surface area contributed by atoms with Crippen molar-refractivity contribution in [3.05, 3.63) is 35.4 Å². The second-order valence-corrected chi connectivity index (χ2v) is 5.11. The SMILES string of the molecule is CSON=C(C#N)c1ccc(C(C#N)=NOS(N)(=O)=O)cc1. The molecular weight excluding hydrogens is 330 g/mol. The van der Waals surface area contributed by atoms with E-state index in [1.54, 1.807) is 12.3 Å². The van der Waals surface area contributed by atoms with Gasteiger partial charge in [-0.3, -0.25) is 4.28 Å². The fourth-order valence-electron chi connectivity index (χ4n) is 1.23. The smallest absolute Gasteiger partial charge is 0.321 e. The molecule has 0 amide bonds. The Kier molecular flexibility index (Phi) is 6.34. The summed E-state index contributed by atoms with van der Waals surface area (Å²) < 4.78 is 30.0. The number of nitriles is 2. The van der Waals surface area contributed by atoms with Gasteiger partial charge in [-0.2, -0.15) is 24.1 Å². The van der Waals surface area contributed by atoms with E-state index in [0.717, 1.165) is 12.0 Å². The molecule has 0 saturated heterocycles. The molecule has 114 valence electrons. The molecule has 2 N–H and O–H groups in total. The number of oxime groups is 2. The van der Waals surface area contributed by atoms with Gasteiger partial charge in [-0.15, -0.1) is 0 Å². The summed E-state index contributed by atoms with van der Waals surface area (Å²) in [6.07, 6.45) is 1.64. The molecule has 0 bridgehead atoms. The Bertz CT molecular complexity index is 772. The van der Waals surface area contributed by atoms with Crippen LogP contribution in [-0.4, -0.2) is 26.1 Å². The van der Waals surface area contributed by atoms with E-state index >= 15 is 0 Å². The maximum Gasteiger partial charge on any atom is 0.399 e. The van der Waals surface area contributed by atoms with E-state index in [9.17, 15) is 8.42 Å². The van der Waals surface area contributed by atoms with Crippen LogP contribution in [0, 0.1) is 22.7 Å². The van der Waals surface area contributed by atoms with Crippen LogP contribution >= 0.6 is 12.0 Å². The van der Waals surface area contributed by atoms with E-state index in [1.807, 2.05) is 6.07 Å². The molecule has 0 aliphatic heterocycles. The van der Waals surface area contributed by atoms with Crippen LogP contribution in [0.25, 0.3) is 0 Å². The Morgan fingerprint density at radius 1 is 1.14 bits per heavy atom. The molecular formula is C11H9N5O4S2. The minimum absolute atomic E-state index is 0.0390. The average Bonchev–Trinajstić information content (AvgIpc) is 2.49. The van der Waals surface area contributed by atoms with Crippen molar-refractivity contribution in [3.8, 4) is 12.1 Å². The van der Waals surface area contributed by atoms with Crippen molar-refractivity contribution < 1.29 is 17.0 Å². The van der Waals surface area contributed by atoms with Crippen molar-refractivity contribution in [1.82, 2.24) is 0 Å². The molecule has 0 fully saturated rings. The molecule has 1 aromatic carbocycles. The Hall–Kier alpha value is -2.60. The third kappa shape index (κ3) is 5.41. The number of hydrogen-bond donors (Lipinski definition) is 1. The number of nitrogens with two attached hydrogens (primary N) is 1. The van der Waals surface area contributed by atoms with E-state index < -0.39 is 10.3 Å². The summed E-state index contributed by atoms with van der Waals surface area (Å²) in [6.45, 7) is 0. The molecule has 9 nitrogen and oxygen atoms in total. The normalized spacial score (nSPS) is 12.2. The van der Waals surface area contributed by atoms with Crippen molar-refractivity contribution in [2.75, 3.05) is 6.26 Å². The summed E-state index contributed by atoms with van der Waals surface area (Å²) in [7, 11) is -4.29. The van der Waals surface area contributed by atoms with E-state index in [1.165, 1.54) is 24.3 Å². The summed E-state index contributed by atoms with van der Waals surface area (Å²) in [5, 5.41) is 29.2. The topological polar surface area (TPSA) is 151 Å². The van der Waals surface area contributed by atoms with Crippen molar-refractivity contribution in [2.24, 2.45) is 15.5 Å². The molecule has 0 aliphatic carbocycles. The Balaban J connectivity index is 3.06. The van der Waals surface area contributed by atoms with E-state index in [-0.39, 0.29) is 17.0 Å². The molecule has 0 radical (unpaired) electrons. The molecule has 11 heteroatoms. The van der Waals surface area contributed by atoms with Gasteiger partial charge in [-0.05, 0) is 0 Å². The fraction of sp³-hybridized carbons (Fsp3) is 0.0909. The van der Waals surface area contributed by atoms with Gasteiger partial charge in [0.2, 0.25) is 0 Å². The van der Waals surface area contributed by atoms with Crippen LogP contribution in [0.4, 0.5) is 0 Å². The molecule has 0 saturated carbocycles. The molecule has 0 atom stereocenters. The summed E-state index contributed by atoms with van der Waals surface area (Å²) in [6, 6.07) is 9.39. The summed E-state index contributed by atoms with van der Waals surface area (Å²) in [5.41, 5.74) is 0.469. The van der Waals surface area contributed by atoms with E-state index in [2.05, 4.69) is 19.7 Å². The van der Waals surface area contributed by atoms with Crippen molar-refractivity contribution in [1.29, 1.82) is 10.5 Å². The van der Waals surface area contributed by atoms with Gasteiger partial charge in [0.25, 0.3) is 0 Å². The first-order valence-electron chi connectivity index (χ1n) is 5.39. The number of nitrogens with zero attached hydrogens (tertiary/aromatic N) is 4. The van der Waals surface area contributed by atoms with Gasteiger partial charge in [-0.1, -0.05) is 34.6 Å². The minimum Gasteiger partial charge on any atom is -0.321 e. The van der Waals surface area contributed by atoms with Crippen LogP contribution in [0.3, 0.4) is 0 Å². The standard InChI is InChI=1S/C11H9N5O4S2/c1-21-19-15-10(6-12)8-2-4-9(5-3-8)11(7-13)16-20-22(14,17)18/h2-5H,1H3,(H2,14,17,18). The molecule has 0 spiro atoms. The van der Waals surface area contributed by atoms with Crippen LogP contribution < -0.4 is 5.14 Å². The average molecular weight is 339 g/mol. The van der Waals surface area contributed by atoms with Crippen LogP contribution in [-0.2, 0) is 18.9 Å². The van der Waals surface area contributed by atoms with Crippen molar-refractivity contribution >= 4 is 33.8 Å². The van der Waals surface area contributed by atoms with Crippen LogP contribution in [0.1, 0.15) is 11.1 Å². The number of hydrogen-bond acceptors (Lipinski definition) is 9. The lowest BCUT2D eigenvalue weighted by Crippen LogP contribution is -2.14. The highest BCUT2D eigenvalue weighted by molar-refractivity contribution is 7.93. The fourth-order valence-corrected chi connectivity index (χ4v) is 1.55. The predicted molar refractivity (Wildman–Crippen MR) is 79.5 cm³/mol. The first kappa shape index (κ1) is 17.5. The zero-order valence-electron chi connectivity index (χ0n) is 11.1. The monoisotopic (exact) mass is 339 g/mol. The molecule has 0 unspecified atom stereocenters. The molecule has 0 aromatic heterocycles. The van der Waals surface area contributed by atoms with Gasteiger partial charge in [0.05, 0.1) is 12.0 Å². The first-order valence-corrected chi connectivity index (χ1v) is 8.01. The lowest BCUT2D eigenvalue weighted by atomic mass is 10.1. The molecule has 0 aliphatic rings. The zero-order chi connectivity index (χ0) is 16.6. The van der Waals surface area contributed by atoms with Crippen LogP contribution in [0.2, 0.25) is 0 Å². The van der Waals surface area contributed by atoms with E-state index in [0.29, 0.717) is 5.56 Å². The largest absolute Gasteiger partial charge is 0.399 e. The molecule has 1 aromatic rings. The molecule has 0 heterocycles. The highest BCUT2D eigenvalue weighted by atomic mass is 32.2. The predicted octanol–water partition coefficient (Wildman–Crippen LogP) is 0.657. The first-order chi connectivity index (χ1) is 10.4. The second kappa shape index (κ2) is 7.99. The van der Waals surface area contributed by atoms with Gasteiger partial charge in [-0.25, -0.2) is 0 Å². The highest BCUT2D eigenvalue weighted by Gasteiger charge is 2.09. The summed E-state index contributed by atoms with van der Waals surface area (Å²) in [4.78, 5) is 0. The lowest BCUT2D eigenvalue weighted by molar-refractivity contribution is 0.340. The van der Waals surface area contributed by atoms with Gasteiger partial charge in [0.1, 0.15) is 12.1 Å². The Morgan fingerprint density at radius 3 is 1.95 bits per heavy atom. The van der Waals surface area contributed by atoms with Crippen LogP contribution in [0.5, 0.6) is 0 Å². The van der Waals surface area contributed by atoms with Crippen LogP contribution in [0.15, 0.2) is 34.6 Å². The molecule has 22 heavy (non-hydrogen) atoms. The quantitative estimate of drug-likeness (QED) is 0.454. The Labute approximate surface area is 131 Å². The highest BCUT2D eigenvalue weighted by Crippen LogP contribution is 2.09. The summed E-state index contributed by atoms with van der Waals surface area (Å²) >= 11 is 0.975. The molecule has 1 rings (SSSR count). The summed E-state index contributed by atoms with van der Waals surface area (Å²) in [5.74, 6) is 0. The lowest BCUT2D eigenvalue weighted by Gasteiger charge is -2.01. The minimum atomic E-state index is -4.29. The maximum absolute atomic E-state index is 10.6. The third-order valence-electron chi connectivity index (χ3n) is 2.08. The van der Waals surface area contributed by atoms with E-state index in [4.69, 9.17) is 14.8 Å². The maximum atomic E-state index is 10.6. The third-order valence-corrected chi connectivity index (χ3v) is 2.59. The number of rotatable bonds is 6. The van der Waals surface area contributed by atoms with Crippen molar-refractivity contribution in [3.63, 3.8) is 0 Å². The number of benzene rings is 1. The van der Waals surface area contributed by atoms with Gasteiger partial charge in [0, 0.05) is 17.4 Å². The second-order valence-electron chi connectivity index (χ2n) is 3.49.